The summed E-state index contributed by atoms with van der Waals surface area (Å²) in [5.41, 5.74) is 0.932. The number of para-hydroxylation sites is 1. The lowest BCUT2D eigenvalue weighted by Crippen LogP contribution is -2.36. The molecular weight excluding hydrogens is 222 g/mol. The largest absolute Gasteiger partial charge is 0.506 e. The quantitative estimate of drug-likeness (QED) is 0.855. The normalized spacial score (nSPS) is 22.2. The zero-order chi connectivity index (χ0) is 11.5. The molecule has 1 aliphatic heterocycles. The third-order valence-corrected chi connectivity index (χ3v) is 3.69. The Balaban J connectivity index is 2.10. The summed E-state index contributed by atoms with van der Waals surface area (Å²) in [6.07, 6.45) is 3.83. The first-order valence-corrected chi connectivity index (χ1v) is 6.26. The number of aromatic hydroxyl groups is 1. The van der Waals surface area contributed by atoms with E-state index in [9.17, 15) is 5.11 Å². The van der Waals surface area contributed by atoms with Crippen molar-refractivity contribution in [3.8, 4) is 5.75 Å². The lowest BCUT2D eigenvalue weighted by atomic mass is 10.0. The van der Waals surface area contributed by atoms with Crippen molar-refractivity contribution in [3.63, 3.8) is 0 Å². The van der Waals surface area contributed by atoms with Gasteiger partial charge in [-0.3, -0.25) is 4.90 Å². The van der Waals surface area contributed by atoms with E-state index in [1.807, 2.05) is 12.1 Å². The third-order valence-electron chi connectivity index (χ3n) is 3.38. The summed E-state index contributed by atoms with van der Waals surface area (Å²) in [6.45, 7) is 4.17. The van der Waals surface area contributed by atoms with Gasteiger partial charge in [0.1, 0.15) is 5.75 Å². The number of nitrogens with zero attached hydrogens (tertiary/aromatic N) is 1. The first kappa shape index (κ1) is 11.7. The van der Waals surface area contributed by atoms with Gasteiger partial charge in [-0.05, 0) is 32.4 Å². The van der Waals surface area contributed by atoms with Gasteiger partial charge in [0, 0.05) is 18.2 Å². The van der Waals surface area contributed by atoms with Gasteiger partial charge in [0.2, 0.25) is 0 Å². The van der Waals surface area contributed by atoms with Crippen LogP contribution in [0.4, 0.5) is 0 Å². The van der Waals surface area contributed by atoms with E-state index in [2.05, 4.69) is 11.8 Å². The first-order chi connectivity index (χ1) is 7.68. The van der Waals surface area contributed by atoms with E-state index in [-0.39, 0.29) is 5.75 Å². The Bertz CT molecular complexity index is 367. The Hall–Kier alpha value is -0.730. The second-order valence-electron chi connectivity index (χ2n) is 4.56. The fourth-order valence-electron chi connectivity index (χ4n) is 2.30. The highest BCUT2D eigenvalue weighted by atomic mass is 35.5. The number of phenolic OH excluding ortho intramolecular Hbond substituents is 1. The van der Waals surface area contributed by atoms with Crippen LogP contribution in [0.2, 0.25) is 5.02 Å². The molecule has 0 bridgehead atoms. The molecule has 1 heterocycles. The number of halogens is 1. The monoisotopic (exact) mass is 239 g/mol. The summed E-state index contributed by atoms with van der Waals surface area (Å²) in [7, 11) is 0. The number of piperidine rings is 1. The van der Waals surface area contributed by atoms with Crippen LogP contribution in [0.5, 0.6) is 5.75 Å². The van der Waals surface area contributed by atoms with E-state index in [0.717, 1.165) is 18.7 Å². The first-order valence-electron chi connectivity index (χ1n) is 5.89. The number of hydrogen-bond acceptors (Lipinski definition) is 2. The third kappa shape index (κ3) is 2.50. The summed E-state index contributed by atoms with van der Waals surface area (Å²) in [4.78, 5) is 2.41. The van der Waals surface area contributed by atoms with Crippen molar-refractivity contribution in [2.45, 2.75) is 38.8 Å². The highest BCUT2D eigenvalue weighted by Gasteiger charge is 2.19. The molecule has 0 radical (unpaired) electrons. The molecule has 0 aliphatic carbocycles. The molecule has 16 heavy (non-hydrogen) atoms. The summed E-state index contributed by atoms with van der Waals surface area (Å²) < 4.78 is 0. The van der Waals surface area contributed by atoms with E-state index in [1.165, 1.54) is 19.3 Å². The van der Waals surface area contributed by atoms with Crippen molar-refractivity contribution in [1.29, 1.82) is 0 Å². The second kappa shape index (κ2) is 5.07. The SMILES string of the molecule is CC1CCCCN1Cc1cccc(Cl)c1O. The number of hydrogen-bond donors (Lipinski definition) is 1. The maximum atomic E-state index is 9.86. The van der Waals surface area contributed by atoms with Crippen LogP contribution in [0.25, 0.3) is 0 Å². The Labute approximate surface area is 102 Å². The number of rotatable bonds is 2. The fourth-order valence-corrected chi connectivity index (χ4v) is 2.49. The average molecular weight is 240 g/mol. The number of benzene rings is 1. The average Bonchev–Trinajstić information content (AvgIpc) is 2.28. The summed E-state index contributed by atoms with van der Waals surface area (Å²) in [5, 5.41) is 10.3. The van der Waals surface area contributed by atoms with Crippen LogP contribution in [0.15, 0.2) is 18.2 Å². The van der Waals surface area contributed by atoms with Gasteiger partial charge in [-0.1, -0.05) is 30.2 Å². The molecule has 1 N–H and O–H groups in total. The molecule has 1 saturated heterocycles. The molecular formula is C13H18ClNO. The van der Waals surface area contributed by atoms with Gasteiger partial charge in [-0.25, -0.2) is 0 Å². The molecule has 1 fully saturated rings. The number of likely N-dealkylation sites (tertiary alicyclic amines) is 1. The molecule has 0 spiro atoms. The molecule has 2 nitrogen and oxygen atoms in total. The van der Waals surface area contributed by atoms with Crippen molar-refractivity contribution in [2.75, 3.05) is 6.54 Å². The van der Waals surface area contributed by atoms with Gasteiger partial charge in [0.25, 0.3) is 0 Å². The molecule has 0 aromatic heterocycles. The molecule has 3 heteroatoms. The lowest BCUT2D eigenvalue weighted by molar-refractivity contribution is 0.151. The van der Waals surface area contributed by atoms with Gasteiger partial charge in [-0.15, -0.1) is 0 Å². The van der Waals surface area contributed by atoms with Crippen molar-refractivity contribution in [1.82, 2.24) is 4.90 Å². The molecule has 1 atom stereocenters. The minimum absolute atomic E-state index is 0.238. The Morgan fingerprint density at radius 3 is 3.00 bits per heavy atom. The zero-order valence-electron chi connectivity index (χ0n) is 9.62. The fraction of sp³-hybridized carbons (Fsp3) is 0.538. The van der Waals surface area contributed by atoms with E-state index in [1.54, 1.807) is 6.07 Å². The molecule has 1 aliphatic rings. The van der Waals surface area contributed by atoms with E-state index < -0.39 is 0 Å². The summed E-state index contributed by atoms with van der Waals surface area (Å²) in [6, 6.07) is 6.17. The second-order valence-corrected chi connectivity index (χ2v) is 4.97. The molecule has 0 amide bonds. The predicted octanol–water partition coefficient (Wildman–Crippen LogP) is 3.42. The molecule has 2 rings (SSSR count). The van der Waals surface area contributed by atoms with Gasteiger partial charge in [-0.2, -0.15) is 0 Å². The van der Waals surface area contributed by atoms with Crippen LogP contribution in [0, 0.1) is 0 Å². The van der Waals surface area contributed by atoms with Crippen LogP contribution in [0.1, 0.15) is 31.7 Å². The maximum Gasteiger partial charge on any atom is 0.138 e. The predicted molar refractivity (Wildman–Crippen MR) is 66.8 cm³/mol. The maximum absolute atomic E-state index is 9.86. The van der Waals surface area contributed by atoms with Gasteiger partial charge >= 0.3 is 0 Å². The molecule has 88 valence electrons. The van der Waals surface area contributed by atoms with Crippen molar-refractivity contribution < 1.29 is 5.11 Å². The minimum Gasteiger partial charge on any atom is -0.506 e. The highest BCUT2D eigenvalue weighted by Crippen LogP contribution is 2.29. The Morgan fingerprint density at radius 1 is 1.44 bits per heavy atom. The van der Waals surface area contributed by atoms with E-state index in [0.29, 0.717) is 11.1 Å². The highest BCUT2D eigenvalue weighted by molar-refractivity contribution is 6.32. The topological polar surface area (TPSA) is 23.5 Å². The zero-order valence-corrected chi connectivity index (χ0v) is 10.4. The van der Waals surface area contributed by atoms with Crippen LogP contribution < -0.4 is 0 Å². The Morgan fingerprint density at radius 2 is 2.25 bits per heavy atom. The van der Waals surface area contributed by atoms with E-state index >= 15 is 0 Å². The summed E-state index contributed by atoms with van der Waals surface area (Å²) >= 11 is 5.90. The van der Waals surface area contributed by atoms with Gasteiger partial charge in [0.05, 0.1) is 5.02 Å². The van der Waals surface area contributed by atoms with Gasteiger partial charge < -0.3 is 5.11 Å². The molecule has 0 saturated carbocycles. The van der Waals surface area contributed by atoms with Crippen molar-refractivity contribution in [2.24, 2.45) is 0 Å². The van der Waals surface area contributed by atoms with Crippen LogP contribution in [-0.4, -0.2) is 22.6 Å². The molecule has 1 unspecified atom stereocenters. The molecule has 1 aromatic rings. The van der Waals surface area contributed by atoms with Gasteiger partial charge in [0.15, 0.2) is 0 Å². The smallest absolute Gasteiger partial charge is 0.138 e. The molecule has 1 aromatic carbocycles. The van der Waals surface area contributed by atoms with Crippen LogP contribution >= 0.6 is 11.6 Å². The summed E-state index contributed by atoms with van der Waals surface area (Å²) in [5.74, 6) is 0.238. The standard InChI is InChI=1S/C13H18ClNO/c1-10-5-2-3-8-15(10)9-11-6-4-7-12(14)13(11)16/h4,6-7,10,16H,2-3,5,8-9H2,1H3. The number of phenols is 1. The van der Waals surface area contributed by atoms with Crippen LogP contribution in [-0.2, 0) is 6.54 Å². The Kier molecular flexibility index (Phi) is 3.72. The van der Waals surface area contributed by atoms with E-state index in [4.69, 9.17) is 11.6 Å². The van der Waals surface area contributed by atoms with Crippen molar-refractivity contribution >= 4 is 11.6 Å². The lowest BCUT2D eigenvalue weighted by Gasteiger charge is -2.33. The van der Waals surface area contributed by atoms with Crippen molar-refractivity contribution in [3.05, 3.63) is 28.8 Å². The minimum atomic E-state index is 0.238. The van der Waals surface area contributed by atoms with Crippen LogP contribution in [0.3, 0.4) is 0 Å².